The van der Waals surface area contributed by atoms with Gasteiger partial charge in [0, 0.05) is 28.0 Å². The summed E-state index contributed by atoms with van der Waals surface area (Å²) < 4.78 is 12.8. The molecule has 2 aromatic heterocycles. The fraction of sp³-hybridized carbons (Fsp3) is 0.320. The molecule has 1 aromatic carbocycles. The number of esters is 2. The third kappa shape index (κ3) is 4.06. The van der Waals surface area contributed by atoms with Crippen LogP contribution in [0.1, 0.15) is 44.2 Å². The number of aryl methyl sites for hydroxylation is 1. The van der Waals surface area contributed by atoms with Gasteiger partial charge in [0.05, 0.1) is 41.7 Å². The standard InChI is InChI=1S/C25H27N3O4S/c1-6-31-23(29)18-15(4)26-16(5)19(24(30)32-7-2)20(18)22-21(17-11-9-8-10-12-17)27-25-28(22)13-14(3)33-25/h8-13,20,26H,6-7H2,1-5H3. The van der Waals surface area contributed by atoms with E-state index < -0.39 is 17.9 Å². The van der Waals surface area contributed by atoms with E-state index in [1.54, 1.807) is 25.2 Å². The fourth-order valence-electron chi connectivity index (χ4n) is 4.28. The highest BCUT2D eigenvalue weighted by atomic mass is 32.1. The average molecular weight is 466 g/mol. The predicted octanol–water partition coefficient (Wildman–Crippen LogP) is 4.73. The summed E-state index contributed by atoms with van der Waals surface area (Å²) in [4.78, 5) is 33.2. The minimum Gasteiger partial charge on any atom is -0.463 e. The van der Waals surface area contributed by atoms with Crippen molar-refractivity contribution in [2.24, 2.45) is 0 Å². The maximum atomic E-state index is 13.2. The summed E-state index contributed by atoms with van der Waals surface area (Å²) in [6.07, 6.45) is 1.99. The highest BCUT2D eigenvalue weighted by Gasteiger charge is 2.41. The first kappa shape index (κ1) is 22.8. The summed E-state index contributed by atoms with van der Waals surface area (Å²) >= 11 is 1.56. The van der Waals surface area contributed by atoms with Crippen molar-refractivity contribution in [3.8, 4) is 11.3 Å². The lowest BCUT2D eigenvalue weighted by Crippen LogP contribution is -2.33. The Labute approximate surface area is 196 Å². The van der Waals surface area contributed by atoms with Gasteiger partial charge in [0.25, 0.3) is 0 Å². The fourth-order valence-corrected chi connectivity index (χ4v) is 5.12. The zero-order chi connectivity index (χ0) is 23.7. The molecular formula is C25H27N3O4S. The summed E-state index contributed by atoms with van der Waals surface area (Å²) in [6, 6.07) is 9.79. The molecule has 0 saturated carbocycles. The van der Waals surface area contributed by atoms with Gasteiger partial charge in [0.15, 0.2) is 4.96 Å². The minimum absolute atomic E-state index is 0.227. The molecule has 0 saturated heterocycles. The molecule has 0 aliphatic carbocycles. The average Bonchev–Trinajstić information content (AvgIpc) is 3.29. The van der Waals surface area contributed by atoms with E-state index in [1.807, 2.05) is 61.7 Å². The highest BCUT2D eigenvalue weighted by molar-refractivity contribution is 7.17. The van der Waals surface area contributed by atoms with Crippen LogP contribution in [0.15, 0.2) is 59.1 Å². The molecule has 8 heteroatoms. The smallest absolute Gasteiger partial charge is 0.336 e. The Hall–Kier alpha value is -3.39. The number of dihydropyridines is 1. The molecule has 1 N–H and O–H groups in total. The molecule has 4 rings (SSSR count). The first-order valence-electron chi connectivity index (χ1n) is 10.9. The predicted molar refractivity (Wildman–Crippen MR) is 128 cm³/mol. The van der Waals surface area contributed by atoms with Gasteiger partial charge in [-0.05, 0) is 34.6 Å². The Morgan fingerprint density at radius 1 is 1.00 bits per heavy atom. The van der Waals surface area contributed by atoms with Gasteiger partial charge >= 0.3 is 11.9 Å². The van der Waals surface area contributed by atoms with E-state index in [0.717, 1.165) is 26.8 Å². The van der Waals surface area contributed by atoms with Crippen molar-refractivity contribution in [3.63, 3.8) is 0 Å². The number of benzene rings is 1. The molecule has 7 nitrogen and oxygen atoms in total. The molecule has 1 aliphatic heterocycles. The van der Waals surface area contributed by atoms with E-state index in [1.165, 1.54) is 0 Å². The zero-order valence-corrected chi connectivity index (χ0v) is 20.2. The maximum Gasteiger partial charge on any atom is 0.336 e. The number of allylic oxidation sites excluding steroid dienone is 2. The second-order valence-electron chi connectivity index (χ2n) is 7.78. The Morgan fingerprint density at radius 3 is 2.12 bits per heavy atom. The number of imidazole rings is 1. The van der Waals surface area contributed by atoms with E-state index >= 15 is 0 Å². The third-order valence-corrected chi connectivity index (χ3v) is 6.45. The van der Waals surface area contributed by atoms with Crippen molar-refractivity contribution < 1.29 is 19.1 Å². The number of nitrogens with one attached hydrogen (secondary N) is 1. The number of aromatic nitrogens is 2. The molecule has 0 atom stereocenters. The van der Waals surface area contributed by atoms with Crippen LogP contribution in [0, 0.1) is 6.92 Å². The topological polar surface area (TPSA) is 81.9 Å². The third-order valence-electron chi connectivity index (χ3n) is 5.55. The van der Waals surface area contributed by atoms with Crippen LogP contribution in [0.3, 0.4) is 0 Å². The Balaban J connectivity index is 2.06. The van der Waals surface area contributed by atoms with Crippen LogP contribution in [0.4, 0.5) is 0 Å². The molecule has 0 radical (unpaired) electrons. The molecule has 0 spiro atoms. The van der Waals surface area contributed by atoms with Crippen molar-refractivity contribution in [1.29, 1.82) is 0 Å². The molecule has 3 heterocycles. The number of fused-ring (bicyclic) bond motifs is 1. The lowest BCUT2D eigenvalue weighted by Gasteiger charge is -2.30. The number of hydrogen-bond acceptors (Lipinski definition) is 7. The van der Waals surface area contributed by atoms with E-state index in [2.05, 4.69) is 5.32 Å². The van der Waals surface area contributed by atoms with Gasteiger partial charge in [0.1, 0.15) is 0 Å². The number of thiazole rings is 1. The number of rotatable bonds is 6. The zero-order valence-electron chi connectivity index (χ0n) is 19.4. The molecule has 33 heavy (non-hydrogen) atoms. The lowest BCUT2D eigenvalue weighted by molar-refractivity contribution is -0.139. The van der Waals surface area contributed by atoms with Crippen LogP contribution >= 0.6 is 11.3 Å². The molecule has 0 unspecified atom stereocenters. The number of nitrogens with zero attached hydrogens (tertiary/aromatic N) is 2. The SMILES string of the molecule is CCOC(=O)C1=C(C)NC(C)=C(C(=O)OCC)C1c1c(-c2ccccc2)nc2sc(C)cn12. The van der Waals surface area contributed by atoms with Gasteiger partial charge in [-0.2, -0.15) is 0 Å². The molecule has 3 aromatic rings. The van der Waals surface area contributed by atoms with Crippen molar-refractivity contribution in [2.45, 2.75) is 40.5 Å². The minimum atomic E-state index is -0.705. The Bertz CT molecular complexity index is 1240. The van der Waals surface area contributed by atoms with Crippen molar-refractivity contribution in [3.05, 3.63) is 69.6 Å². The van der Waals surface area contributed by atoms with Gasteiger partial charge in [-0.25, -0.2) is 14.6 Å². The lowest BCUT2D eigenvalue weighted by atomic mass is 9.81. The molecular weight excluding hydrogens is 438 g/mol. The molecule has 0 amide bonds. The van der Waals surface area contributed by atoms with Gasteiger partial charge in [-0.3, -0.25) is 4.40 Å². The first-order chi connectivity index (χ1) is 15.9. The summed E-state index contributed by atoms with van der Waals surface area (Å²) in [7, 11) is 0. The second-order valence-corrected chi connectivity index (χ2v) is 9.00. The van der Waals surface area contributed by atoms with Crippen LogP contribution in [0.5, 0.6) is 0 Å². The van der Waals surface area contributed by atoms with Crippen LogP contribution in [-0.2, 0) is 19.1 Å². The van der Waals surface area contributed by atoms with Crippen molar-refractivity contribution in [2.75, 3.05) is 13.2 Å². The second kappa shape index (κ2) is 9.23. The highest BCUT2D eigenvalue weighted by Crippen LogP contribution is 2.44. The first-order valence-corrected chi connectivity index (χ1v) is 11.8. The van der Waals surface area contributed by atoms with Crippen LogP contribution < -0.4 is 5.32 Å². The largest absolute Gasteiger partial charge is 0.463 e. The number of carbonyl (C=O) groups is 2. The van der Waals surface area contributed by atoms with Gasteiger partial charge < -0.3 is 14.8 Å². The Kier molecular flexibility index (Phi) is 6.37. The van der Waals surface area contributed by atoms with Gasteiger partial charge in [-0.15, -0.1) is 11.3 Å². The number of ether oxygens (including phenoxy) is 2. The van der Waals surface area contributed by atoms with Gasteiger partial charge in [0.2, 0.25) is 0 Å². The van der Waals surface area contributed by atoms with Crippen LogP contribution in [-0.4, -0.2) is 34.5 Å². The van der Waals surface area contributed by atoms with Gasteiger partial charge in [-0.1, -0.05) is 30.3 Å². The van der Waals surface area contributed by atoms with E-state index in [4.69, 9.17) is 14.5 Å². The maximum absolute atomic E-state index is 13.2. The summed E-state index contributed by atoms with van der Waals surface area (Å²) in [5, 5.41) is 3.19. The number of hydrogen-bond donors (Lipinski definition) is 1. The van der Waals surface area contributed by atoms with Crippen LogP contribution in [0.25, 0.3) is 16.2 Å². The normalized spacial score (nSPS) is 14.6. The van der Waals surface area contributed by atoms with Crippen molar-refractivity contribution in [1.82, 2.24) is 14.7 Å². The summed E-state index contributed by atoms with van der Waals surface area (Å²) in [6.45, 7) is 9.64. The Morgan fingerprint density at radius 2 is 1.58 bits per heavy atom. The molecule has 0 bridgehead atoms. The summed E-state index contributed by atoms with van der Waals surface area (Å²) in [5.74, 6) is -1.64. The molecule has 1 aliphatic rings. The van der Waals surface area contributed by atoms with Crippen LogP contribution in [0.2, 0.25) is 0 Å². The monoisotopic (exact) mass is 465 g/mol. The van der Waals surface area contributed by atoms with E-state index in [0.29, 0.717) is 22.5 Å². The van der Waals surface area contributed by atoms with E-state index in [9.17, 15) is 9.59 Å². The quantitative estimate of drug-likeness (QED) is 0.530. The summed E-state index contributed by atoms with van der Waals surface area (Å²) in [5.41, 5.74) is 4.42. The van der Waals surface area contributed by atoms with Crippen molar-refractivity contribution >= 4 is 28.2 Å². The van der Waals surface area contributed by atoms with E-state index in [-0.39, 0.29) is 13.2 Å². The number of carbonyl (C=O) groups excluding carboxylic acids is 2. The molecule has 172 valence electrons. The molecule has 0 fully saturated rings.